The third-order valence-electron chi connectivity index (χ3n) is 6.61. The number of amides is 4. The van der Waals surface area contributed by atoms with Gasteiger partial charge in [0.25, 0.3) is 5.91 Å². The van der Waals surface area contributed by atoms with E-state index in [4.69, 9.17) is 25.2 Å². The van der Waals surface area contributed by atoms with Crippen molar-refractivity contribution in [1.82, 2.24) is 15.1 Å². The van der Waals surface area contributed by atoms with Gasteiger partial charge in [0.05, 0.1) is 12.5 Å². The van der Waals surface area contributed by atoms with Crippen LogP contribution in [-0.2, 0) is 38.8 Å². The van der Waals surface area contributed by atoms with Crippen molar-refractivity contribution in [2.45, 2.75) is 50.6 Å². The molecule has 2 aromatic carbocycles. The van der Waals surface area contributed by atoms with Crippen LogP contribution in [0, 0.1) is 0 Å². The summed E-state index contributed by atoms with van der Waals surface area (Å²) in [5.74, 6) is -0.743. The molecule has 3 unspecified atom stereocenters. The zero-order valence-electron chi connectivity index (χ0n) is 19.5. The Morgan fingerprint density at radius 2 is 1.78 bits per heavy atom. The second-order valence-electron chi connectivity index (χ2n) is 9.10. The number of piperidine rings is 1. The van der Waals surface area contributed by atoms with Crippen LogP contribution in [0.5, 0.6) is 5.75 Å². The number of ether oxygens (including phenoxy) is 2. The lowest BCUT2D eigenvalue weighted by Gasteiger charge is -2.35. The summed E-state index contributed by atoms with van der Waals surface area (Å²) in [6, 6.07) is 10.5. The van der Waals surface area contributed by atoms with E-state index in [1.165, 1.54) is 4.90 Å². The number of carbonyl (C=O) groups is 4. The molecule has 36 heavy (non-hydrogen) atoms. The summed E-state index contributed by atoms with van der Waals surface area (Å²) in [6.07, 6.45) is 0.510. The standard InChI is InChI=1S/C25H23B2N3O6/c26-20-12-29(25(34)22(27)36-20)10-14-4-6-15(7-5-14)13-35-19-3-1-2-16-17(19)11-30(24(16)33)18-8-9-21(31)28-23(18)32/h1-7,18,20,22H,8-13H2,(H,28,31,32). The van der Waals surface area contributed by atoms with Gasteiger partial charge in [0, 0.05) is 36.6 Å². The molecule has 3 atom stereocenters. The number of hydrogen-bond donors (Lipinski definition) is 1. The van der Waals surface area contributed by atoms with Crippen molar-refractivity contribution in [3.8, 4) is 5.75 Å². The molecule has 0 saturated carbocycles. The van der Waals surface area contributed by atoms with Crippen molar-refractivity contribution >= 4 is 39.3 Å². The van der Waals surface area contributed by atoms with Crippen molar-refractivity contribution in [2.24, 2.45) is 0 Å². The zero-order chi connectivity index (χ0) is 25.4. The van der Waals surface area contributed by atoms with Crippen LogP contribution in [0.2, 0.25) is 0 Å². The van der Waals surface area contributed by atoms with E-state index in [2.05, 4.69) is 5.32 Å². The third kappa shape index (κ3) is 4.75. The molecule has 1 N–H and O–H groups in total. The van der Waals surface area contributed by atoms with Gasteiger partial charge in [0.2, 0.25) is 17.7 Å². The van der Waals surface area contributed by atoms with Crippen LogP contribution in [0.15, 0.2) is 42.5 Å². The number of morpholine rings is 1. The molecule has 0 bridgehead atoms. The van der Waals surface area contributed by atoms with E-state index in [-0.39, 0.29) is 43.8 Å². The van der Waals surface area contributed by atoms with Crippen LogP contribution in [0.25, 0.3) is 0 Å². The van der Waals surface area contributed by atoms with Crippen LogP contribution < -0.4 is 10.1 Å². The predicted molar refractivity (Wildman–Crippen MR) is 129 cm³/mol. The van der Waals surface area contributed by atoms with Gasteiger partial charge in [-0.15, -0.1) is 0 Å². The summed E-state index contributed by atoms with van der Waals surface area (Å²) < 4.78 is 11.2. The van der Waals surface area contributed by atoms with Gasteiger partial charge in [-0.1, -0.05) is 30.3 Å². The molecule has 3 aliphatic rings. The number of nitrogens with zero attached hydrogens (tertiary/aromatic N) is 2. The molecule has 4 radical (unpaired) electrons. The fourth-order valence-corrected chi connectivity index (χ4v) is 4.73. The Balaban J connectivity index is 1.22. The van der Waals surface area contributed by atoms with E-state index in [0.717, 1.165) is 16.7 Å². The van der Waals surface area contributed by atoms with Gasteiger partial charge < -0.3 is 19.3 Å². The Labute approximate surface area is 210 Å². The number of imide groups is 1. The van der Waals surface area contributed by atoms with Crippen molar-refractivity contribution in [3.05, 3.63) is 64.7 Å². The number of carbonyl (C=O) groups excluding carboxylic acids is 4. The summed E-state index contributed by atoms with van der Waals surface area (Å²) in [5, 5.41) is 2.31. The SMILES string of the molecule is [B]C1CN(Cc2ccc(COc3cccc4c3CN(C3CCC(=O)NC3=O)C4=O)cc2)C(=O)C([B])O1. The molecule has 11 heteroatoms. The van der Waals surface area contributed by atoms with Crippen molar-refractivity contribution in [2.75, 3.05) is 6.54 Å². The first-order chi connectivity index (χ1) is 17.3. The first-order valence-electron chi connectivity index (χ1n) is 11.7. The monoisotopic (exact) mass is 483 g/mol. The molecule has 0 spiro atoms. The molecule has 9 nitrogen and oxygen atoms in total. The maximum atomic E-state index is 13.0. The van der Waals surface area contributed by atoms with Crippen LogP contribution >= 0.6 is 0 Å². The topological polar surface area (TPSA) is 105 Å². The van der Waals surface area contributed by atoms with Crippen LogP contribution in [0.1, 0.15) is 39.9 Å². The van der Waals surface area contributed by atoms with Crippen molar-refractivity contribution < 1.29 is 28.7 Å². The number of rotatable bonds is 6. The fraction of sp³-hybridized carbons (Fsp3) is 0.360. The summed E-state index contributed by atoms with van der Waals surface area (Å²) >= 11 is 0. The number of benzene rings is 2. The van der Waals surface area contributed by atoms with Gasteiger partial charge in [-0.05, 0) is 29.7 Å². The molecule has 3 aliphatic heterocycles. The minimum absolute atomic E-state index is 0.204. The van der Waals surface area contributed by atoms with E-state index < -0.39 is 24.0 Å². The average molecular weight is 483 g/mol. The normalized spacial score (nSPS) is 24.1. The number of fused-ring (bicyclic) bond motifs is 1. The lowest BCUT2D eigenvalue weighted by Crippen LogP contribution is -2.52. The van der Waals surface area contributed by atoms with E-state index in [0.29, 0.717) is 24.3 Å². The molecule has 2 aromatic rings. The smallest absolute Gasteiger partial charge is 0.255 e. The number of nitrogens with one attached hydrogen (secondary N) is 1. The Hall–Kier alpha value is -3.59. The highest BCUT2D eigenvalue weighted by atomic mass is 16.5. The van der Waals surface area contributed by atoms with Gasteiger partial charge in [0.1, 0.15) is 34.1 Å². The molecular formula is C25H23B2N3O6. The Bertz CT molecular complexity index is 1220. The third-order valence-corrected chi connectivity index (χ3v) is 6.61. The molecule has 2 fully saturated rings. The lowest BCUT2D eigenvalue weighted by atomic mass is 9.90. The summed E-state index contributed by atoms with van der Waals surface area (Å²) in [5.41, 5.74) is 3.05. The van der Waals surface area contributed by atoms with Crippen molar-refractivity contribution in [3.63, 3.8) is 0 Å². The first-order valence-corrected chi connectivity index (χ1v) is 11.7. The zero-order valence-corrected chi connectivity index (χ0v) is 19.5. The van der Waals surface area contributed by atoms with Gasteiger partial charge in [-0.3, -0.25) is 24.5 Å². The maximum Gasteiger partial charge on any atom is 0.255 e. The second-order valence-corrected chi connectivity index (χ2v) is 9.10. The van der Waals surface area contributed by atoms with Gasteiger partial charge in [-0.2, -0.15) is 0 Å². The molecule has 5 rings (SSSR count). The molecular weight excluding hydrogens is 460 g/mol. The van der Waals surface area contributed by atoms with Crippen LogP contribution in [0.4, 0.5) is 0 Å². The highest BCUT2D eigenvalue weighted by molar-refractivity contribution is 6.24. The predicted octanol–water partition coefficient (Wildman–Crippen LogP) is 0.375. The highest BCUT2D eigenvalue weighted by Crippen LogP contribution is 2.34. The maximum absolute atomic E-state index is 13.0. The number of hydrogen-bond acceptors (Lipinski definition) is 6. The minimum atomic E-state index is -1.05. The quantitative estimate of drug-likeness (QED) is 0.471. The van der Waals surface area contributed by atoms with Crippen LogP contribution in [-0.4, -0.2) is 73.7 Å². The molecule has 0 aliphatic carbocycles. The van der Waals surface area contributed by atoms with E-state index in [9.17, 15) is 19.2 Å². The summed E-state index contributed by atoms with van der Waals surface area (Å²) in [4.78, 5) is 52.0. The van der Waals surface area contributed by atoms with E-state index >= 15 is 0 Å². The van der Waals surface area contributed by atoms with Gasteiger partial charge in [-0.25, -0.2) is 0 Å². The molecule has 2 saturated heterocycles. The Kier molecular flexibility index (Phi) is 6.57. The molecule has 4 amide bonds. The minimum Gasteiger partial charge on any atom is -0.489 e. The summed E-state index contributed by atoms with van der Waals surface area (Å²) in [6.45, 7) is 1.16. The van der Waals surface area contributed by atoms with Gasteiger partial charge in [0.15, 0.2) is 0 Å². The highest BCUT2D eigenvalue weighted by Gasteiger charge is 2.40. The first kappa shape index (κ1) is 24.1. The lowest BCUT2D eigenvalue weighted by molar-refractivity contribution is -0.149. The van der Waals surface area contributed by atoms with Crippen LogP contribution in [0.3, 0.4) is 0 Å². The summed E-state index contributed by atoms with van der Waals surface area (Å²) in [7, 11) is 11.5. The fourth-order valence-electron chi connectivity index (χ4n) is 4.73. The largest absolute Gasteiger partial charge is 0.489 e. The van der Waals surface area contributed by atoms with Crippen molar-refractivity contribution in [1.29, 1.82) is 0 Å². The Morgan fingerprint density at radius 1 is 1.03 bits per heavy atom. The average Bonchev–Trinajstić information content (AvgIpc) is 3.18. The van der Waals surface area contributed by atoms with E-state index in [1.54, 1.807) is 23.1 Å². The Morgan fingerprint density at radius 3 is 2.53 bits per heavy atom. The van der Waals surface area contributed by atoms with Gasteiger partial charge >= 0.3 is 0 Å². The molecule has 0 aromatic heterocycles. The molecule has 3 heterocycles. The second kappa shape index (κ2) is 9.81. The molecule has 180 valence electrons. The van der Waals surface area contributed by atoms with E-state index in [1.807, 2.05) is 24.3 Å².